The quantitative estimate of drug-likeness (QED) is 0.927. The molecule has 1 saturated carbocycles. The lowest BCUT2D eigenvalue weighted by atomic mass is 9.75. The molecular formula is C19H30N4O. The number of hydrogen-bond donors (Lipinski definition) is 1. The summed E-state index contributed by atoms with van der Waals surface area (Å²) in [5.74, 6) is 2.64. The molecule has 4 rings (SSSR count). The average Bonchev–Trinajstić information content (AvgIpc) is 3.16. The van der Waals surface area contributed by atoms with Crippen LogP contribution in [0.2, 0.25) is 0 Å². The summed E-state index contributed by atoms with van der Waals surface area (Å²) in [6, 6.07) is 0. The Morgan fingerprint density at radius 1 is 1.08 bits per heavy atom. The van der Waals surface area contributed by atoms with Gasteiger partial charge in [0.05, 0.1) is 12.7 Å². The molecule has 1 N–H and O–H groups in total. The molecule has 1 amide bonds. The van der Waals surface area contributed by atoms with Crippen LogP contribution in [0.5, 0.6) is 0 Å². The lowest BCUT2D eigenvalue weighted by Gasteiger charge is -2.42. The first-order chi connectivity index (χ1) is 11.8. The van der Waals surface area contributed by atoms with E-state index < -0.39 is 0 Å². The molecule has 1 aromatic rings. The molecule has 3 fully saturated rings. The highest BCUT2D eigenvalue weighted by Gasteiger charge is 2.33. The number of aromatic nitrogens is 2. The highest BCUT2D eigenvalue weighted by molar-refractivity contribution is 5.78. The normalized spacial score (nSPS) is 29.4. The number of carbonyl (C=O) groups excluding carboxylic acids is 1. The second-order valence-electron chi connectivity index (χ2n) is 8.02. The molecule has 5 nitrogen and oxygen atoms in total. The fraction of sp³-hybridized carbons (Fsp3) is 0.789. The van der Waals surface area contributed by atoms with Crippen molar-refractivity contribution in [3.8, 4) is 0 Å². The van der Waals surface area contributed by atoms with Crippen LogP contribution in [0.1, 0.15) is 56.4 Å². The van der Waals surface area contributed by atoms with Crippen LogP contribution in [0.25, 0.3) is 0 Å². The second-order valence-corrected chi connectivity index (χ2v) is 8.02. The fourth-order valence-electron chi connectivity index (χ4n) is 5.03. The minimum Gasteiger partial charge on any atom is -0.341 e. The molecular weight excluding hydrogens is 300 g/mol. The number of amides is 1. The summed E-state index contributed by atoms with van der Waals surface area (Å²) < 4.78 is 0. The number of nitrogens with zero attached hydrogens (tertiary/aromatic N) is 3. The van der Waals surface area contributed by atoms with Crippen molar-refractivity contribution in [3.63, 3.8) is 0 Å². The van der Waals surface area contributed by atoms with E-state index in [9.17, 15) is 4.79 Å². The van der Waals surface area contributed by atoms with Crippen LogP contribution in [0.15, 0.2) is 12.4 Å². The Morgan fingerprint density at radius 2 is 1.88 bits per heavy atom. The predicted molar refractivity (Wildman–Crippen MR) is 93.6 cm³/mol. The number of hydrogen-bond acceptors (Lipinski definition) is 3. The van der Waals surface area contributed by atoms with Gasteiger partial charge in [-0.3, -0.25) is 14.8 Å². The molecule has 0 spiro atoms. The third-order valence-electron chi connectivity index (χ3n) is 6.58. The van der Waals surface area contributed by atoms with Gasteiger partial charge in [0.15, 0.2) is 0 Å². The van der Waals surface area contributed by atoms with Crippen molar-refractivity contribution in [3.05, 3.63) is 18.0 Å². The van der Waals surface area contributed by atoms with Gasteiger partial charge in [0.2, 0.25) is 5.91 Å². The lowest BCUT2D eigenvalue weighted by molar-refractivity contribution is -0.135. The minimum absolute atomic E-state index is 0.362. The molecule has 0 bridgehead atoms. The number of nitrogens with one attached hydrogen (secondary N) is 1. The summed E-state index contributed by atoms with van der Waals surface area (Å²) in [6.45, 7) is 4.69. The maximum absolute atomic E-state index is 12.7. The molecule has 0 aromatic carbocycles. The molecule has 3 heterocycles. The highest BCUT2D eigenvalue weighted by Crippen LogP contribution is 2.36. The summed E-state index contributed by atoms with van der Waals surface area (Å²) in [5.41, 5.74) is 1.32. The third kappa shape index (κ3) is 3.51. The molecule has 5 heteroatoms. The van der Waals surface area contributed by atoms with Crippen LogP contribution in [0, 0.1) is 11.8 Å². The average molecular weight is 330 g/mol. The first kappa shape index (κ1) is 16.1. The van der Waals surface area contributed by atoms with E-state index in [-0.39, 0.29) is 0 Å². The molecule has 0 unspecified atom stereocenters. The van der Waals surface area contributed by atoms with Gasteiger partial charge in [0, 0.05) is 19.3 Å². The number of fused-ring (bicyclic) bond motifs is 1. The maximum atomic E-state index is 12.7. The topological polar surface area (TPSA) is 52.2 Å². The highest BCUT2D eigenvalue weighted by atomic mass is 16.2. The molecule has 2 aliphatic heterocycles. The van der Waals surface area contributed by atoms with Gasteiger partial charge >= 0.3 is 0 Å². The van der Waals surface area contributed by atoms with Gasteiger partial charge in [-0.1, -0.05) is 19.3 Å². The Hall–Kier alpha value is -1.36. The number of H-pyrrole nitrogens is 1. The summed E-state index contributed by atoms with van der Waals surface area (Å²) in [4.78, 5) is 17.2. The van der Waals surface area contributed by atoms with Crippen molar-refractivity contribution >= 4 is 5.91 Å². The molecule has 1 aliphatic carbocycles. The predicted octanol–water partition coefficient (Wildman–Crippen LogP) is 2.63. The van der Waals surface area contributed by atoms with Crippen molar-refractivity contribution in [2.24, 2.45) is 11.8 Å². The van der Waals surface area contributed by atoms with Gasteiger partial charge in [0.1, 0.15) is 0 Å². The van der Waals surface area contributed by atoms with E-state index in [4.69, 9.17) is 0 Å². The van der Waals surface area contributed by atoms with Gasteiger partial charge in [-0.05, 0) is 62.1 Å². The van der Waals surface area contributed by atoms with E-state index >= 15 is 0 Å². The van der Waals surface area contributed by atoms with Gasteiger partial charge in [-0.25, -0.2) is 0 Å². The van der Waals surface area contributed by atoms with Gasteiger partial charge in [-0.15, -0.1) is 0 Å². The lowest BCUT2D eigenvalue weighted by Crippen LogP contribution is -2.49. The molecule has 1 aromatic heterocycles. The Labute approximate surface area is 144 Å². The zero-order chi connectivity index (χ0) is 16.4. The summed E-state index contributed by atoms with van der Waals surface area (Å²) in [5, 5.41) is 6.97. The van der Waals surface area contributed by atoms with Crippen LogP contribution < -0.4 is 0 Å². The SMILES string of the molecule is O=C(CN1CCC(c2cn[nH]c2)CC1)N1CC[C@H]2CCCC[C@H]2C1. The summed E-state index contributed by atoms with van der Waals surface area (Å²) in [6.07, 6.45) is 13.0. The monoisotopic (exact) mass is 330 g/mol. The minimum atomic E-state index is 0.362. The van der Waals surface area contributed by atoms with Crippen molar-refractivity contribution in [1.82, 2.24) is 20.0 Å². The van der Waals surface area contributed by atoms with Crippen molar-refractivity contribution in [1.29, 1.82) is 0 Å². The van der Waals surface area contributed by atoms with Gasteiger partial charge < -0.3 is 4.90 Å². The molecule has 3 aliphatic rings. The largest absolute Gasteiger partial charge is 0.341 e. The summed E-state index contributed by atoms with van der Waals surface area (Å²) >= 11 is 0. The number of piperidine rings is 2. The van der Waals surface area contributed by atoms with Crippen molar-refractivity contribution < 1.29 is 4.79 Å². The Bertz CT molecular complexity index is 536. The van der Waals surface area contributed by atoms with E-state index in [1.165, 1.54) is 37.7 Å². The first-order valence-corrected chi connectivity index (χ1v) is 9.78. The zero-order valence-electron chi connectivity index (χ0n) is 14.6. The molecule has 0 radical (unpaired) electrons. The number of carbonyl (C=O) groups is 1. The van der Waals surface area contributed by atoms with E-state index in [0.717, 1.165) is 50.9 Å². The smallest absolute Gasteiger partial charge is 0.236 e. The fourth-order valence-corrected chi connectivity index (χ4v) is 5.03. The van der Waals surface area contributed by atoms with Gasteiger partial charge in [0.25, 0.3) is 0 Å². The Balaban J connectivity index is 1.25. The van der Waals surface area contributed by atoms with Crippen LogP contribution in [0.4, 0.5) is 0 Å². The van der Waals surface area contributed by atoms with Crippen molar-refractivity contribution in [2.45, 2.75) is 50.9 Å². The maximum Gasteiger partial charge on any atom is 0.236 e. The Kier molecular flexibility index (Phi) is 4.88. The third-order valence-corrected chi connectivity index (χ3v) is 6.58. The van der Waals surface area contributed by atoms with Crippen LogP contribution >= 0.6 is 0 Å². The van der Waals surface area contributed by atoms with Crippen molar-refractivity contribution in [2.75, 3.05) is 32.7 Å². The molecule has 132 valence electrons. The molecule has 24 heavy (non-hydrogen) atoms. The van der Waals surface area contributed by atoms with E-state index in [2.05, 4.69) is 20.0 Å². The van der Waals surface area contributed by atoms with Crippen LogP contribution in [0.3, 0.4) is 0 Å². The van der Waals surface area contributed by atoms with E-state index in [1.807, 2.05) is 12.4 Å². The van der Waals surface area contributed by atoms with E-state index in [0.29, 0.717) is 18.4 Å². The van der Waals surface area contributed by atoms with Gasteiger partial charge in [-0.2, -0.15) is 5.10 Å². The number of aromatic amines is 1. The van der Waals surface area contributed by atoms with Crippen LogP contribution in [-0.2, 0) is 4.79 Å². The summed E-state index contributed by atoms with van der Waals surface area (Å²) in [7, 11) is 0. The number of rotatable bonds is 3. The Morgan fingerprint density at radius 3 is 2.62 bits per heavy atom. The molecule has 2 atom stereocenters. The van der Waals surface area contributed by atoms with E-state index in [1.54, 1.807) is 0 Å². The molecule has 2 saturated heterocycles. The van der Waals surface area contributed by atoms with Crippen LogP contribution in [-0.4, -0.2) is 58.6 Å². The standard InChI is InChI=1S/C19H30N4O/c24-19(23-10-7-15-3-1-2-4-17(15)13-23)14-22-8-5-16(6-9-22)18-11-20-21-12-18/h11-12,15-17H,1-10,13-14H2,(H,20,21)/t15-,17+/m1/s1. The zero-order valence-corrected chi connectivity index (χ0v) is 14.6. The second kappa shape index (κ2) is 7.26. The number of likely N-dealkylation sites (tertiary alicyclic amines) is 2. The first-order valence-electron chi connectivity index (χ1n) is 9.78.